The van der Waals surface area contributed by atoms with Gasteiger partial charge in [0.15, 0.2) is 5.82 Å². The molecule has 0 bridgehead atoms. The monoisotopic (exact) mass is 279 g/mol. The molecule has 1 aromatic carbocycles. The molecule has 2 aromatic rings. The summed E-state index contributed by atoms with van der Waals surface area (Å²) in [4.78, 5) is 12.1. The van der Waals surface area contributed by atoms with Crippen LogP contribution in [0.1, 0.15) is 19.8 Å². The van der Waals surface area contributed by atoms with E-state index in [1.165, 1.54) is 12.4 Å². The molecule has 0 aliphatic carbocycles. The first-order valence-corrected chi connectivity index (χ1v) is 6.40. The van der Waals surface area contributed by atoms with E-state index < -0.39 is 0 Å². The Hall–Kier alpha value is -1.88. The van der Waals surface area contributed by atoms with Gasteiger partial charge in [0, 0.05) is 0 Å². The maximum absolute atomic E-state index is 9.82. The summed E-state index contributed by atoms with van der Waals surface area (Å²) >= 11 is 6.04. The van der Waals surface area contributed by atoms with E-state index in [1.54, 1.807) is 12.1 Å². The zero-order valence-electron chi connectivity index (χ0n) is 10.5. The number of unbranched alkanes of at least 4 members (excludes halogenated alkanes) is 1. The Morgan fingerprint density at radius 1 is 1.32 bits per heavy atom. The van der Waals surface area contributed by atoms with E-state index in [9.17, 15) is 5.11 Å². The number of phenolic OH excluding ortho intramolecular Hbond substituents is 1. The van der Waals surface area contributed by atoms with Gasteiger partial charge in [-0.15, -0.1) is 0 Å². The standard InChI is InChI=1S/C13H14ClN3O2/c1-2-3-7-19-13-16-8-15-12(17-13)11-9(14)5-4-6-10(11)18/h4-6,8,18H,2-3,7H2,1H3. The molecule has 0 unspecified atom stereocenters. The topological polar surface area (TPSA) is 68.1 Å². The van der Waals surface area contributed by atoms with Gasteiger partial charge < -0.3 is 9.84 Å². The SMILES string of the molecule is CCCCOc1ncnc(-c2c(O)cccc2Cl)n1. The van der Waals surface area contributed by atoms with Crippen molar-refractivity contribution in [3.05, 3.63) is 29.5 Å². The van der Waals surface area contributed by atoms with Gasteiger partial charge in [0.1, 0.15) is 12.1 Å². The molecule has 0 saturated carbocycles. The number of aromatic hydroxyl groups is 1. The van der Waals surface area contributed by atoms with Crippen LogP contribution in [0.25, 0.3) is 11.4 Å². The highest BCUT2D eigenvalue weighted by atomic mass is 35.5. The summed E-state index contributed by atoms with van der Waals surface area (Å²) in [7, 11) is 0. The molecule has 0 spiro atoms. The Morgan fingerprint density at radius 3 is 2.89 bits per heavy atom. The maximum atomic E-state index is 9.82. The highest BCUT2D eigenvalue weighted by Crippen LogP contribution is 2.33. The zero-order valence-corrected chi connectivity index (χ0v) is 11.3. The lowest BCUT2D eigenvalue weighted by Crippen LogP contribution is -2.02. The molecule has 0 amide bonds. The smallest absolute Gasteiger partial charge is 0.319 e. The van der Waals surface area contributed by atoms with Crippen LogP contribution in [0.15, 0.2) is 24.5 Å². The number of benzene rings is 1. The predicted molar refractivity (Wildman–Crippen MR) is 72.3 cm³/mol. The number of hydrogen-bond acceptors (Lipinski definition) is 5. The molecule has 1 N–H and O–H groups in total. The number of nitrogens with zero attached hydrogens (tertiary/aromatic N) is 3. The van der Waals surface area contributed by atoms with Crippen LogP contribution in [-0.4, -0.2) is 26.7 Å². The third-order valence-corrected chi connectivity index (χ3v) is 2.81. The minimum Gasteiger partial charge on any atom is -0.507 e. The zero-order chi connectivity index (χ0) is 13.7. The van der Waals surface area contributed by atoms with Crippen molar-refractivity contribution in [2.45, 2.75) is 19.8 Å². The first kappa shape index (κ1) is 13.5. The van der Waals surface area contributed by atoms with Crippen molar-refractivity contribution in [2.75, 3.05) is 6.61 Å². The Morgan fingerprint density at radius 2 is 2.16 bits per heavy atom. The fourth-order valence-corrected chi connectivity index (χ4v) is 1.77. The molecule has 5 nitrogen and oxygen atoms in total. The van der Waals surface area contributed by atoms with Crippen molar-refractivity contribution in [3.63, 3.8) is 0 Å². The van der Waals surface area contributed by atoms with Gasteiger partial charge in [-0.25, -0.2) is 4.98 Å². The minimum atomic E-state index is 0.0261. The van der Waals surface area contributed by atoms with E-state index in [1.807, 2.05) is 0 Å². The lowest BCUT2D eigenvalue weighted by atomic mass is 10.2. The van der Waals surface area contributed by atoms with Crippen LogP contribution in [0.3, 0.4) is 0 Å². The van der Waals surface area contributed by atoms with Gasteiger partial charge in [-0.3, -0.25) is 0 Å². The van der Waals surface area contributed by atoms with Crippen molar-refractivity contribution in [2.24, 2.45) is 0 Å². The summed E-state index contributed by atoms with van der Waals surface area (Å²) in [6.07, 6.45) is 3.30. The van der Waals surface area contributed by atoms with E-state index in [2.05, 4.69) is 21.9 Å². The van der Waals surface area contributed by atoms with Crippen LogP contribution in [-0.2, 0) is 0 Å². The molecular formula is C13H14ClN3O2. The molecule has 1 aromatic heterocycles. The quantitative estimate of drug-likeness (QED) is 0.852. The lowest BCUT2D eigenvalue weighted by Gasteiger charge is -2.07. The number of phenols is 1. The van der Waals surface area contributed by atoms with E-state index >= 15 is 0 Å². The molecule has 0 fully saturated rings. The second-order valence-electron chi connectivity index (χ2n) is 3.93. The van der Waals surface area contributed by atoms with Crippen LogP contribution in [0, 0.1) is 0 Å². The summed E-state index contributed by atoms with van der Waals surface area (Å²) < 4.78 is 5.40. The number of halogens is 1. The van der Waals surface area contributed by atoms with Crippen LogP contribution in [0.2, 0.25) is 5.02 Å². The van der Waals surface area contributed by atoms with Gasteiger partial charge in [-0.2, -0.15) is 9.97 Å². The molecule has 0 aliphatic heterocycles. The third-order valence-electron chi connectivity index (χ3n) is 2.49. The summed E-state index contributed by atoms with van der Waals surface area (Å²) in [5.41, 5.74) is 0.381. The second kappa shape index (κ2) is 6.33. The molecule has 1 heterocycles. The van der Waals surface area contributed by atoms with E-state index in [4.69, 9.17) is 16.3 Å². The third kappa shape index (κ3) is 3.32. The fourth-order valence-electron chi connectivity index (χ4n) is 1.51. The fraction of sp³-hybridized carbons (Fsp3) is 0.308. The van der Waals surface area contributed by atoms with Crippen molar-refractivity contribution >= 4 is 11.6 Å². The van der Waals surface area contributed by atoms with Gasteiger partial charge in [0.05, 0.1) is 17.2 Å². The molecule has 0 aliphatic rings. The molecule has 0 saturated heterocycles. The maximum Gasteiger partial charge on any atom is 0.319 e. The summed E-state index contributed by atoms with van der Waals surface area (Å²) in [6.45, 7) is 2.62. The Kier molecular flexibility index (Phi) is 4.52. The van der Waals surface area contributed by atoms with Crippen molar-refractivity contribution < 1.29 is 9.84 Å². The highest BCUT2D eigenvalue weighted by Gasteiger charge is 2.13. The van der Waals surface area contributed by atoms with E-state index in [0.717, 1.165) is 12.8 Å². The number of aromatic nitrogens is 3. The van der Waals surface area contributed by atoms with Gasteiger partial charge in [0.2, 0.25) is 0 Å². The highest BCUT2D eigenvalue weighted by molar-refractivity contribution is 6.33. The molecule has 0 radical (unpaired) electrons. The van der Waals surface area contributed by atoms with Crippen LogP contribution < -0.4 is 4.74 Å². The van der Waals surface area contributed by atoms with Crippen LogP contribution in [0.4, 0.5) is 0 Å². The predicted octanol–water partition coefficient (Wildman–Crippen LogP) is 3.08. The van der Waals surface area contributed by atoms with Gasteiger partial charge in [-0.05, 0) is 18.6 Å². The molecular weight excluding hydrogens is 266 g/mol. The molecule has 19 heavy (non-hydrogen) atoms. The molecule has 0 atom stereocenters. The lowest BCUT2D eigenvalue weighted by molar-refractivity contribution is 0.284. The number of ether oxygens (including phenoxy) is 1. The normalized spacial score (nSPS) is 10.4. The largest absolute Gasteiger partial charge is 0.507 e. The summed E-state index contributed by atoms with van der Waals surface area (Å²) in [5.74, 6) is 0.322. The van der Waals surface area contributed by atoms with Gasteiger partial charge in [-0.1, -0.05) is 31.0 Å². The first-order chi connectivity index (χ1) is 9.22. The van der Waals surface area contributed by atoms with E-state index in [-0.39, 0.29) is 11.8 Å². The Labute approximate surface area is 116 Å². The minimum absolute atomic E-state index is 0.0261. The molecule has 100 valence electrons. The van der Waals surface area contributed by atoms with Gasteiger partial charge >= 0.3 is 6.01 Å². The van der Waals surface area contributed by atoms with Crippen LogP contribution in [0.5, 0.6) is 11.8 Å². The van der Waals surface area contributed by atoms with Gasteiger partial charge in [0.25, 0.3) is 0 Å². The van der Waals surface area contributed by atoms with Crippen molar-refractivity contribution in [3.8, 4) is 23.1 Å². The summed E-state index contributed by atoms with van der Waals surface area (Å²) in [5, 5.41) is 10.2. The van der Waals surface area contributed by atoms with Crippen LogP contribution >= 0.6 is 11.6 Å². The number of rotatable bonds is 5. The Bertz CT molecular complexity index is 543. The molecule has 2 rings (SSSR count). The Balaban J connectivity index is 2.28. The number of hydrogen-bond donors (Lipinski definition) is 1. The van der Waals surface area contributed by atoms with Crippen molar-refractivity contribution in [1.29, 1.82) is 0 Å². The second-order valence-corrected chi connectivity index (χ2v) is 4.33. The first-order valence-electron chi connectivity index (χ1n) is 6.02. The summed E-state index contributed by atoms with van der Waals surface area (Å²) in [6, 6.07) is 5.08. The average molecular weight is 280 g/mol. The van der Waals surface area contributed by atoms with Crippen molar-refractivity contribution in [1.82, 2.24) is 15.0 Å². The average Bonchev–Trinajstić information content (AvgIpc) is 2.39. The van der Waals surface area contributed by atoms with E-state index in [0.29, 0.717) is 23.0 Å². The molecule has 6 heteroatoms.